The van der Waals surface area contributed by atoms with Gasteiger partial charge in [-0.05, 0) is 61.7 Å². The molecule has 0 unspecified atom stereocenters. The van der Waals surface area contributed by atoms with Crippen LogP contribution < -0.4 is 14.8 Å². The SMILES string of the molecule is CCOc1cc(/C=C/C(=O)N(C)CC(=O)Nc2cc(C)ccc2C)ccc1OC. The maximum absolute atomic E-state index is 12.4. The molecule has 0 saturated heterocycles. The number of likely N-dealkylation sites (N-methyl/N-ethyl adjacent to an activating group) is 1. The Morgan fingerprint density at radius 1 is 1.10 bits per heavy atom. The van der Waals surface area contributed by atoms with Crippen molar-refractivity contribution in [3.63, 3.8) is 0 Å². The molecule has 0 heterocycles. The monoisotopic (exact) mass is 396 g/mol. The molecule has 0 aromatic heterocycles. The summed E-state index contributed by atoms with van der Waals surface area (Å²) in [5.41, 5.74) is 3.59. The number of carbonyl (C=O) groups is 2. The minimum atomic E-state index is -0.269. The summed E-state index contributed by atoms with van der Waals surface area (Å²) in [7, 11) is 3.17. The molecule has 2 rings (SSSR count). The van der Waals surface area contributed by atoms with Crippen molar-refractivity contribution < 1.29 is 19.1 Å². The Hall–Kier alpha value is -3.28. The van der Waals surface area contributed by atoms with Crippen LogP contribution >= 0.6 is 0 Å². The molecule has 2 aromatic rings. The molecule has 6 heteroatoms. The van der Waals surface area contributed by atoms with Gasteiger partial charge in [0.15, 0.2) is 11.5 Å². The highest BCUT2D eigenvalue weighted by Gasteiger charge is 2.12. The van der Waals surface area contributed by atoms with E-state index >= 15 is 0 Å². The van der Waals surface area contributed by atoms with Crippen LogP contribution in [0.5, 0.6) is 11.5 Å². The fraction of sp³-hybridized carbons (Fsp3) is 0.304. The van der Waals surface area contributed by atoms with Crippen molar-refractivity contribution in [2.45, 2.75) is 20.8 Å². The van der Waals surface area contributed by atoms with Gasteiger partial charge in [-0.15, -0.1) is 0 Å². The van der Waals surface area contributed by atoms with Gasteiger partial charge in [-0.25, -0.2) is 0 Å². The summed E-state index contributed by atoms with van der Waals surface area (Å²) < 4.78 is 10.8. The molecule has 0 spiro atoms. The Bertz CT molecular complexity index is 906. The number of nitrogens with one attached hydrogen (secondary N) is 1. The molecule has 0 bridgehead atoms. The van der Waals surface area contributed by atoms with Crippen LogP contribution in [0.15, 0.2) is 42.5 Å². The Balaban J connectivity index is 1.98. The molecule has 0 fully saturated rings. The van der Waals surface area contributed by atoms with Crippen molar-refractivity contribution in [1.29, 1.82) is 0 Å². The van der Waals surface area contributed by atoms with E-state index in [0.717, 1.165) is 22.4 Å². The van der Waals surface area contributed by atoms with Crippen LogP contribution in [0.2, 0.25) is 0 Å². The fourth-order valence-corrected chi connectivity index (χ4v) is 2.71. The van der Waals surface area contributed by atoms with Crippen molar-refractivity contribution in [2.24, 2.45) is 0 Å². The normalized spacial score (nSPS) is 10.7. The van der Waals surface area contributed by atoms with E-state index in [0.29, 0.717) is 18.1 Å². The predicted molar refractivity (Wildman–Crippen MR) is 115 cm³/mol. The molecule has 1 N–H and O–H groups in total. The first-order valence-electron chi connectivity index (χ1n) is 9.45. The highest BCUT2D eigenvalue weighted by molar-refractivity contribution is 5.98. The van der Waals surface area contributed by atoms with Gasteiger partial charge >= 0.3 is 0 Å². The second-order valence-electron chi connectivity index (χ2n) is 6.74. The molecule has 0 saturated carbocycles. The lowest BCUT2D eigenvalue weighted by Gasteiger charge is -2.16. The first kappa shape index (κ1) is 22.0. The average Bonchev–Trinajstić information content (AvgIpc) is 2.69. The maximum atomic E-state index is 12.4. The second-order valence-corrected chi connectivity index (χ2v) is 6.74. The third-order valence-electron chi connectivity index (χ3n) is 4.33. The molecule has 2 aromatic carbocycles. The Morgan fingerprint density at radius 2 is 1.86 bits per heavy atom. The van der Waals surface area contributed by atoms with Crippen LogP contribution in [-0.4, -0.2) is 44.0 Å². The number of hydrogen-bond acceptors (Lipinski definition) is 4. The standard InChI is InChI=1S/C23H28N2O4/c1-6-29-21-14-18(9-11-20(21)28-5)10-12-23(27)25(4)15-22(26)24-19-13-16(2)7-8-17(19)3/h7-14H,6,15H2,1-5H3,(H,24,26)/b12-10+. The van der Waals surface area contributed by atoms with Crippen LogP contribution in [0.4, 0.5) is 5.69 Å². The van der Waals surface area contributed by atoms with E-state index in [1.54, 1.807) is 32.4 Å². The fourth-order valence-electron chi connectivity index (χ4n) is 2.71. The average molecular weight is 396 g/mol. The molecular weight excluding hydrogens is 368 g/mol. The zero-order chi connectivity index (χ0) is 21.4. The quantitative estimate of drug-likeness (QED) is 0.689. The van der Waals surface area contributed by atoms with Crippen LogP contribution in [0.3, 0.4) is 0 Å². The first-order chi connectivity index (χ1) is 13.8. The summed E-state index contributed by atoms with van der Waals surface area (Å²) in [6.07, 6.45) is 3.12. The van der Waals surface area contributed by atoms with Crippen molar-refractivity contribution in [3.05, 3.63) is 59.2 Å². The van der Waals surface area contributed by atoms with E-state index < -0.39 is 0 Å². The van der Waals surface area contributed by atoms with Gasteiger partial charge in [0, 0.05) is 18.8 Å². The van der Waals surface area contributed by atoms with Gasteiger partial charge < -0.3 is 19.7 Å². The number of nitrogens with zero attached hydrogens (tertiary/aromatic N) is 1. The minimum Gasteiger partial charge on any atom is -0.493 e. The lowest BCUT2D eigenvalue weighted by molar-refractivity contribution is -0.129. The number of aryl methyl sites for hydroxylation is 2. The molecule has 0 aliphatic rings. The Kier molecular flexibility index (Phi) is 7.83. The smallest absolute Gasteiger partial charge is 0.246 e. The number of anilines is 1. The molecular formula is C23H28N2O4. The highest BCUT2D eigenvalue weighted by Crippen LogP contribution is 2.28. The van der Waals surface area contributed by atoms with Crippen molar-refractivity contribution in [2.75, 3.05) is 32.6 Å². The van der Waals surface area contributed by atoms with Gasteiger partial charge in [0.25, 0.3) is 0 Å². The zero-order valence-electron chi connectivity index (χ0n) is 17.6. The predicted octanol–water partition coefficient (Wildman–Crippen LogP) is 3.82. The Labute approximate surface area is 172 Å². The summed E-state index contributed by atoms with van der Waals surface area (Å²) in [6, 6.07) is 11.3. The van der Waals surface area contributed by atoms with Crippen LogP contribution in [0.1, 0.15) is 23.6 Å². The number of methoxy groups -OCH3 is 1. The number of benzene rings is 2. The number of ether oxygens (including phenoxy) is 2. The van der Waals surface area contributed by atoms with Gasteiger partial charge in [0.2, 0.25) is 11.8 Å². The third-order valence-corrected chi connectivity index (χ3v) is 4.33. The molecule has 0 aliphatic carbocycles. The molecule has 0 radical (unpaired) electrons. The summed E-state index contributed by atoms with van der Waals surface area (Å²) in [5, 5.41) is 2.86. The summed E-state index contributed by atoms with van der Waals surface area (Å²) in [5.74, 6) is 0.738. The number of rotatable bonds is 8. The molecule has 2 amide bonds. The molecule has 0 aliphatic heterocycles. The third kappa shape index (κ3) is 6.38. The van der Waals surface area contributed by atoms with Gasteiger partial charge in [-0.2, -0.15) is 0 Å². The molecule has 29 heavy (non-hydrogen) atoms. The Morgan fingerprint density at radius 3 is 2.55 bits per heavy atom. The number of hydrogen-bond donors (Lipinski definition) is 1. The minimum absolute atomic E-state index is 0.0383. The highest BCUT2D eigenvalue weighted by atomic mass is 16.5. The largest absolute Gasteiger partial charge is 0.493 e. The van der Waals surface area contributed by atoms with E-state index in [1.165, 1.54) is 11.0 Å². The van der Waals surface area contributed by atoms with Gasteiger partial charge in [-0.3, -0.25) is 9.59 Å². The van der Waals surface area contributed by atoms with E-state index in [2.05, 4.69) is 5.32 Å². The summed E-state index contributed by atoms with van der Waals surface area (Å²) in [6.45, 7) is 6.26. The van der Waals surface area contributed by atoms with Gasteiger partial charge in [0.05, 0.1) is 20.3 Å². The van der Waals surface area contributed by atoms with Crippen LogP contribution in [0, 0.1) is 13.8 Å². The first-order valence-corrected chi connectivity index (χ1v) is 9.45. The van der Waals surface area contributed by atoms with Crippen molar-refractivity contribution in [1.82, 2.24) is 4.90 Å². The topological polar surface area (TPSA) is 67.9 Å². The zero-order valence-corrected chi connectivity index (χ0v) is 17.6. The summed E-state index contributed by atoms with van der Waals surface area (Å²) >= 11 is 0. The second kappa shape index (κ2) is 10.3. The van der Waals surface area contributed by atoms with Crippen LogP contribution in [-0.2, 0) is 9.59 Å². The summed E-state index contributed by atoms with van der Waals surface area (Å²) in [4.78, 5) is 26.0. The van der Waals surface area contributed by atoms with Crippen molar-refractivity contribution in [3.8, 4) is 11.5 Å². The molecule has 154 valence electrons. The van der Waals surface area contributed by atoms with E-state index in [9.17, 15) is 9.59 Å². The van der Waals surface area contributed by atoms with Gasteiger partial charge in [0.1, 0.15) is 0 Å². The van der Waals surface area contributed by atoms with Crippen LogP contribution in [0.25, 0.3) is 6.08 Å². The van der Waals surface area contributed by atoms with Gasteiger partial charge in [-0.1, -0.05) is 18.2 Å². The number of amides is 2. The molecule has 0 atom stereocenters. The lowest BCUT2D eigenvalue weighted by Crippen LogP contribution is -2.34. The number of carbonyl (C=O) groups excluding carboxylic acids is 2. The molecule has 6 nitrogen and oxygen atoms in total. The van der Waals surface area contributed by atoms with E-state index in [1.807, 2.05) is 45.0 Å². The van der Waals surface area contributed by atoms with E-state index in [4.69, 9.17) is 9.47 Å². The lowest BCUT2D eigenvalue weighted by atomic mass is 10.1. The maximum Gasteiger partial charge on any atom is 0.246 e. The van der Waals surface area contributed by atoms with Crippen molar-refractivity contribution >= 4 is 23.6 Å². The van der Waals surface area contributed by atoms with E-state index in [-0.39, 0.29) is 18.4 Å².